The van der Waals surface area contributed by atoms with Crippen LogP contribution in [0.15, 0.2) is 54.6 Å². The maximum absolute atomic E-state index is 10.3. The van der Waals surface area contributed by atoms with Crippen molar-refractivity contribution in [1.82, 2.24) is 5.32 Å². The molecule has 3 nitrogen and oxygen atoms in total. The van der Waals surface area contributed by atoms with Crippen LogP contribution in [0.25, 0.3) is 0 Å². The van der Waals surface area contributed by atoms with E-state index in [1.54, 1.807) is 0 Å². The van der Waals surface area contributed by atoms with Crippen LogP contribution in [-0.2, 0) is 11.8 Å². The van der Waals surface area contributed by atoms with Gasteiger partial charge in [0.1, 0.15) is 18.5 Å². The zero-order valence-corrected chi connectivity index (χ0v) is 19.8. The van der Waals surface area contributed by atoms with E-state index in [1.165, 1.54) is 49.7 Å². The number of rotatable bonds is 9. The van der Waals surface area contributed by atoms with Gasteiger partial charge in [-0.3, -0.25) is 0 Å². The van der Waals surface area contributed by atoms with Crippen LogP contribution in [-0.4, -0.2) is 30.9 Å². The molecule has 0 heterocycles. The van der Waals surface area contributed by atoms with Crippen LogP contribution in [0.2, 0.25) is 0 Å². The van der Waals surface area contributed by atoms with E-state index in [-0.39, 0.29) is 0 Å². The first-order valence-electron chi connectivity index (χ1n) is 12.5. The van der Waals surface area contributed by atoms with Crippen LogP contribution in [0.4, 0.5) is 0 Å². The Balaban J connectivity index is 1.11. The largest absolute Gasteiger partial charge is 0.491 e. The van der Waals surface area contributed by atoms with E-state index in [4.69, 9.17) is 4.74 Å². The Bertz CT molecular complexity index is 891. The standard InChI is InChI=1S/C29H39NO2/c1-27-14-23-15-28(2,19-27)21-29(16-23,20-27)24-8-10-26(11-9-24)32-18-25(31)17-30-13-12-22-6-4-3-5-7-22/h3-11,23,25,30-31H,12-21H2,1-2H3/t23?,25?,27-,28+,29?. The highest BCUT2D eigenvalue weighted by Crippen LogP contribution is 2.69. The molecule has 2 aromatic rings. The topological polar surface area (TPSA) is 41.5 Å². The third kappa shape index (κ3) is 4.61. The average molecular weight is 434 g/mol. The molecule has 32 heavy (non-hydrogen) atoms. The second-order valence-corrected chi connectivity index (χ2v) is 11.8. The number of hydrogen-bond donors (Lipinski definition) is 2. The van der Waals surface area contributed by atoms with Crippen molar-refractivity contribution in [2.75, 3.05) is 19.7 Å². The molecule has 0 spiro atoms. The summed E-state index contributed by atoms with van der Waals surface area (Å²) in [5.41, 5.74) is 4.24. The van der Waals surface area contributed by atoms with Gasteiger partial charge in [0.25, 0.3) is 0 Å². The molecular formula is C29H39NO2. The van der Waals surface area contributed by atoms with Crippen molar-refractivity contribution in [2.45, 2.75) is 70.3 Å². The van der Waals surface area contributed by atoms with Crippen LogP contribution in [0, 0.1) is 16.7 Å². The Morgan fingerprint density at radius 3 is 2.28 bits per heavy atom. The van der Waals surface area contributed by atoms with Gasteiger partial charge < -0.3 is 15.2 Å². The lowest BCUT2D eigenvalue weighted by Crippen LogP contribution is -2.56. The monoisotopic (exact) mass is 433 g/mol. The lowest BCUT2D eigenvalue weighted by molar-refractivity contribution is -0.110. The fraction of sp³-hybridized carbons (Fsp3) is 0.586. The SMILES string of the molecule is C[C@]12CC3CC(c4ccc(OCC(O)CNCCc5ccccc5)cc4)(C1)C[C@@](C)(C3)C2. The lowest BCUT2D eigenvalue weighted by Gasteiger charge is -2.65. The van der Waals surface area contributed by atoms with Crippen molar-refractivity contribution >= 4 is 0 Å². The van der Waals surface area contributed by atoms with Crippen LogP contribution in [0.3, 0.4) is 0 Å². The molecule has 2 aromatic carbocycles. The summed E-state index contributed by atoms with van der Waals surface area (Å²) in [5, 5.41) is 13.6. The first-order valence-corrected chi connectivity index (χ1v) is 12.5. The molecule has 0 amide bonds. The van der Waals surface area contributed by atoms with Gasteiger partial charge in [-0.2, -0.15) is 0 Å². The number of nitrogens with one attached hydrogen (secondary N) is 1. The molecule has 0 aromatic heterocycles. The first-order chi connectivity index (χ1) is 15.4. The summed E-state index contributed by atoms with van der Waals surface area (Å²) < 4.78 is 5.91. The summed E-state index contributed by atoms with van der Waals surface area (Å²) in [6.45, 7) is 6.80. The fourth-order valence-corrected chi connectivity index (χ4v) is 8.07. The molecule has 4 aliphatic carbocycles. The van der Waals surface area contributed by atoms with Gasteiger partial charge in [-0.1, -0.05) is 56.3 Å². The van der Waals surface area contributed by atoms with Crippen molar-refractivity contribution in [3.8, 4) is 5.75 Å². The smallest absolute Gasteiger partial charge is 0.119 e. The molecule has 0 saturated heterocycles. The van der Waals surface area contributed by atoms with E-state index in [9.17, 15) is 5.11 Å². The van der Waals surface area contributed by atoms with Crippen molar-refractivity contribution in [3.05, 3.63) is 65.7 Å². The molecule has 6 rings (SSSR count). The quantitative estimate of drug-likeness (QED) is 0.513. The Morgan fingerprint density at radius 1 is 0.938 bits per heavy atom. The highest BCUT2D eigenvalue weighted by atomic mass is 16.5. The fourth-order valence-electron chi connectivity index (χ4n) is 8.07. The summed E-state index contributed by atoms with van der Waals surface area (Å²) in [5.74, 6) is 1.76. The predicted molar refractivity (Wildman–Crippen MR) is 130 cm³/mol. The molecule has 172 valence electrons. The first kappa shape index (κ1) is 22.0. The minimum Gasteiger partial charge on any atom is -0.491 e. The molecule has 3 unspecified atom stereocenters. The molecule has 3 heteroatoms. The predicted octanol–water partition coefficient (Wildman–Crippen LogP) is 5.51. The van der Waals surface area contributed by atoms with Gasteiger partial charge in [-0.05, 0) is 96.9 Å². The highest BCUT2D eigenvalue weighted by Gasteiger charge is 2.60. The van der Waals surface area contributed by atoms with Gasteiger partial charge in [-0.15, -0.1) is 0 Å². The molecule has 0 aliphatic heterocycles. The second-order valence-electron chi connectivity index (χ2n) is 11.8. The van der Waals surface area contributed by atoms with Crippen LogP contribution >= 0.6 is 0 Å². The summed E-state index contributed by atoms with van der Waals surface area (Å²) in [4.78, 5) is 0. The Hall–Kier alpha value is -1.84. The van der Waals surface area contributed by atoms with E-state index in [0.717, 1.165) is 24.6 Å². The highest BCUT2D eigenvalue weighted by molar-refractivity contribution is 5.36. The summed E-state index contributed by atoms with van der Waals surface area (Å²) >= 11 is 0. The number of benzene rings is 2. The van der Waals surface area contributed by atoms with Crippen molar-refractivity contribution in [3.63, 3.8) is 0 Å². The van der Waals surface area contributed by atoms with Gasteiger partial charge in [0, 0.05) is 6.54 Å². The van der Waals surface area contributed by atoms with Crippen LogP contribution in [0.5, 0.6) is 5.75 Å². The van der Waals surface area contributed by atoms with Crippen LogP contribution < -0.4 is 10.1 Å². The van der Waals surface area contributed by atoms with E-state index in [0.29, 0.717) is 29.4 Å². The van der Waals surface area contributed by atoms with Crippen molar-refractivity contribution in [2.24, 2.45) is 16.7 Å². The van der Waals surface area contributed by atoms with Gasteiger partial charge in [0.2, 0.25) is 0 Å². The number of ether oxygens (including phenoxy) is 1. The van der Waals surface area contributed by atoms with E-state index < -0.39 is 6.10 Å². The number of hydrogen-bond acceptors (Lipinski definition) is 3. The molecule has 0 radical (unpaired) electrons. The van der Waals surface area contributed by atoms with Gasteiger partial charge in [0.05, 0.1) is 0 Å². The number of aliphatic hydroxyl groups excluding tert-OH is 1. The Labute approximate surface area is 193 Å². The Morgan fingerprint density at radius 2 is 1.62 bits per heavy atom. The third-order valence-corrected chi connectivity index (χ3v) is 8.35. The molecular weight excluding hydrogens is 394 g/mol. The molecule has 4 fully saturated rings. The van der Waals surface area contributed by atoms with E-state index >= 15 is 0 Å². The van der Waals surface area contributed by atoms with Gasteiger partial charge in [-0.25, -0.2) is 0 Å². The summed E-state index contributed by atoms with van der Waals surface area (Å²) in [7, 11) is 0. The maximum Gasteiger partial charge on any atom is 0.119 e. The lowest BCUT2D eigenvalue weighted by atomic mass is 9.39. The van der Waals surface area contributed by atoms with Crippen molar-refractivity contribution < 1.29 is 9.84 Å². The molecule has 4 saturated carbocycles. The zero-order chi connectivity index (χ0) is 22.2. The average Bonchev–Trinajstić information content (AvgIpc) is 2.74. The summed E-state index contributed by atoms with van der Waals surface area (Å²) in [6.07, 6.45) is 8.80. The van der Waals surface area contributed by atoms with Crippen molar-refractivity contribution in [1.29, 1.82) is 0 Å². The van der Waals surface area contributed by atoms with Gasteiger partial charge in [0.15, 0.2) is 0 Å². The molecule has 5 atom stereocenters. The van der Waals surface area contributed by atoms with E-state index in [2.05, 4.69) is 67.7 Å². The normalized spacial score (nSPS) is 33.9. The maximum atomic E-state index is 10.3. The van der Waals surface area contributed by atoms with E-state index in [1.807, 2.05) is 6.07 Å². The third-order valence-electron chi connectivity index (χ3n) is 8.35. The molecule has 4 bridgehead atoms. The second kappa shape index (κ2) is 8.50. The Kier molecular flexibility index (Phi) is 5.84. The number of aliphatic hydroxyl groups is 1. The molecule has 4 aliphatic rings. The van der Waals surface area contributed by atoms with Gasteiger partial charge >= 0.3 is 0 Å². The zero-order valence-electron chi connectivity index (χ0n) is 19.8. The minimum absolute atomic E-state index is 0.320. The molecule has 2 N–H and O–H groups in total. The van der Waals surface area contributed by atoms with Crippen LogP contribution in [0.1, 0.15) is 63.5 Å². The minimum atomic E-state index is -0.506. The summed E-state index contributed by atoms with van der Waals surface area (Å²) in [6, 6.07) is 19.3.